The van der Waals surface area contributed by atoms with Crippen LogP contribution in [0, 0.1) is 11.8 Å². The third-order valence-electron chi connectivity index (χ3n) is 0. The van der Waals surface area contributed by atoms with Crippen molar-refractivity contribution in [3.05, 3.63) is 0 Å². The Bertz CT molecular complexity index is 53.1. The van der Waals surface area contributed by atoms with Gasteiger partial charge in [0.05, 0.1) is 0 Å². The van der Waals surface area contributed by atoms with E-state index >= 15 is 0 Å². The maximum absolute atomic E-state index is 6.50. The maximum Gasteiger partial charge on any atom is 0.160 e. The molecule has 6 heavy (non-hydrogen) atoms. The number of nitrogens with zero attached hydrogens (tertiary/aromatic N) is 1. The van der Waals surface area contributed by atoms with Gasteiger partial charge in [-0.05, 0) is 12.2 Å². The lowest BCUT2D eigenvalue weighted by Gasteiger charge is -1.68. The van der Waals surface area contributed by atoms with Crippen LogP contribution in [0.25, 0.3) is 0 Å². The molecule has 0 radical (unpaired) electrons. The summed E-state index contributed by atoms with van der Waals surface area (Å²) in [4.78, 5) is 0. The Kier molecular flexibility index (Phi) is 13.3. The lowest BCUT2D eigenvalue weighted by molar-refractivity contribution is 1.58. The van der Waals surface area contributed by atoms with Gasteiger partial charge < -0.3 is 11.5 Å². The van der Waals surface area contributed by atoms with Crippen LogP contribution in [0.5, 0.6) is 0 Å². The maximum atomic E-state index is 6.50. The number of hydrogen-bond acceptors (Lipinski definition) is 2. The highest BCUT2D eigenvalue weighted by molar-refractivity contribution is 7.80. The van der Waals surface area contributed by atoms with E-state index in [-0.39, 0.29) is 5.11 Å². The first-order valence-electron chi connectivity index (χ1n) is 1.04. The first-order valence-corrected chi connectivity index (χ1v) is 1.45. The van der Waals surface area contributed by atoms with Gasteiger partial charge in [0.15, 0.2) is 5.11 Å². The Morgan fingerprint density at radius 1 is 1.50 bits per heavy atom. The van der Waals surface area contributed by atoms with Crippen molar-refractivity contribution in [2.75, 3.05) is 0 Å². The molecule has 4 heteroatoms. The lowest BCUT2D eigenvalue weighted by Crippen LogP contribution is -2.18. The van der Waals surface area contributed by atoms with Crippen LogP contribution in [0.15, 0.2) is 0 Å². The molecule has 3 nitrogen and oxygen atoms in total. The van der Waals surface area contributed by atoms with Crippen LogP contribution >= 0.6 is 12.2 Å². The number of nitriles is 1. The van der Waals surface area contributed by atoms with E-state index < -0.39 is 0 Å². The largest absolute Gasteiger partial charge is 0.377 e. The molecule has 0 rings (SSSR count). The van der Waals surface area contributed by atoms with Gasteiger partial charge >= 0.3 is 0 Å². The topological polar surface area (TPSA) is 75.8 Å². The first-order chi connectivity index (χ1) is 2.73. The lowest BCUT2D eigenvalue weighted by atomic mass is 11.3. The Labute approximate surface area is 41.5 Å². The summed E-state index contributed by atoms with van der Waals surface area (Å²) in [6.07, 6.45) is 0. The fraction of sp³-hybridized carbons (Fsp3) is 0. The van der Waals surface area contributed by atoms with Crippen molar-refractivity contribution in [2.24, 2.45) is 11.5 Å². The highest BCUT2D eigenvalue weighted by Crippen LogP contribution is 1.32. The summed E-state index contributed by atoms with van der Waals surface area (Å²) >= 11 is 4.09. The van der Waals surface area contributed by atoms with Gasteiger partial charge in [0, 0.05) is 6.57 Å². The summed E-state index contributed by atoms with van der Waals surface area (Å²) in [6, 6.07) is 0. The SMILES string of the molecule is C#N.NC(N)=S. The molecule has 0 heterocycles. The van der Waals surface area contributed by atoms with Crippen molar-refractivity contribution < 1.29 is 0 Å². The summed E-state index contributed by atoms with van der Waals surface area (Å²) in [7, 11) is 0. The van der Waals surface area contributed by atoms with E-state index in [1.807, 2.05) is 0 Å². The molecule has 4 N–H and O–H groups in total. The normalized spacial score (nSPS) is 4.33. The summed E-state index contributed by atoms with van der Waals surface area (Å²) in [5.74, 6) is 0. The third-order valence-corrected chi connectivity index (χ3v) is 0. The summed E-state index contributed by atoms with van der Waals surface area (Å²) in [5, 5.41) is 6.50. The number of nitrogens with two attached hydrogens (primary N) is 2. The van der Waals surface area contributed by atoms with E-state index in [0.717, 1.165) is 0 Å². The van der Waals surface area contributed by atoms with Crippen molar-refractivity contribution in [3.63, 3.8) is 0 Å². The monoisotopic (exact) mass is 103 g/mol. The minimum absolute atomic E-state index is 0.000000000000000222. The van der Waals surface area contributed by atoms with E-state index in [1.165, 1.54) is 0 Å². The zero-order valence-corrected chi connectivity index (χ0v) is 3.90. The molecule has 0 aliphatic carbocycles. The summed E-state index contributed by atoms with van der Waals surface area (Å²) < 4.78 is 0. The second kappa shape index (κ2) is 8.89. The highest BCUT2D eigenvalue weighted by Gasteiger charge is 1.53. The van der Waals surface area contributed by atoms with Gasteiger partial charge in [0.25, 0.3) is 0 Å². The Morgan fingerprint density at radius 3 is 1.50 bits per heavy atom. The Balaban J connectivity index is 0. The quantitative estimate of drug-likeness (QED) is 0.398. The van der Waals surface area contributed by atoms with Gasteiger partial charge in [-0.25, -0.2) is 5.26 Å². The standard InChI is InChI=1S/CH4N2S.CHN/c2-1(3)4;1-2/h(H4,2,3,4);1H. The van der Waals surface area contributed by atoms with Crippen LogP contribution in [-0.4, -0.2) is 5.11 Å². The van der Waals surface area contributed by atoms with Crippen molar-refractivity contribution in [2.45, 2.75) is 0 Å². The second-order valence-corrected chi connectivity index (χ2v) is 0.874. The molecule has 34 valence electrons. The van der Waals surface area contributed by atoms with E-state index in [1.54, 1.807) is 0 Å². The van der Waals surface area contributed by atoms with Crippen LogP contribution in [0.3, 0.4) is 0 Å². The average Bonchev–Trinajstić information content (AvgIpc) is 1.41. The molecule has 0 spiro atoms. The average molecular weight is 103 g/mol. The van der Waals surface area contributed by atoms with Crippen LogP contribution < -0.4 is 11.5 Å². The van der Waals surface area contributed by atoms with Crippen LogP contribution in [-0.2, 0) is 0 Å². The predicted molar refractivity (Wildman–Crippen MR) is 27.6 cm³/mol. The molecule has 0 aliphatic heterocycles. The minimum Gasteiger partial charge on any atom is -0.377 e. The number of hydrogen-bond donors (Lipinski definition) is 2. The minimum atomic E-state index is 0.000000000000000222. The van der Waals surface area contributed by atoms with Gasteiger partial charge in [0.1, 0.15) is 0 Å². The van der Waals surface area contributed by atoms with Gasteiger partial charge in [-0.1, -0.05) is 0 Å². The molecule has 0 amide bonds. The van der Waals surface area contributed by atoms with Crippen LogP contribution in [0.2, 0.25) is 0 Å². The predicted octanol–water partition coefficient (Wildman–Crippen LogP) is -0.672. The molecule has 0 aliphatic rings. The molecular formula is C2H5N3S. The molecule has 0 aromatic rings. The third kappa shape index (κ3) is 22.5. The summed E-state index contributed by atoms with van der Waals surface area (Å²) in [5.41, 5.74) is 9.24. The van der Waals surface area contributed by atoms with Crippen LogP contribution in [0.1, 0.15) is 0 Å². The molecule has 0 atom stereocenters. The van der Waals surface area contributed by atoms with E-state index in [4.69, 9.17) is 5.26 Å². The van der Waals surface area contributed by atoms with Crippen molar-refractivity contribution in [3.8, 4) is 6.57 Å². The molecule has 0 aromatic heterocycles. The van der Waals surface area contributed by atoms with Gasteiger partial charge in [-0.3, -0.25) is 0 Å². The highest BCUT2D eigenvalue weighted by atomic mass is 32.1. The Hall–Kier alpha value is -0.820. The molecule has 0 bridgehead atoms. The molecule has 0 unspecified atom stereocenters. The zero-order chi connectivity index (χ0) is 5.58. The zero-order valence-electron chi connectivity index (χ0n) is 3.09. The first kappa shape index (κ1) is 8.95. The molecule has 0 saturated heterocycles. The fourth-order valence-electron chi connectivity index (χ4n) is 0. The van der Waals surface area contributed by atoms with Crippen molar-refractivity contribution >= 4 is 17.3 Å². The smallest absolute Gasteiger partial charge is 0.160 e. The molecule has 0 fully saturated rings. The Morgan fingerprint density at radius 2 is 1.50 bits per heavy atom. The fourth-order valence-corrected chi connectivity index (χ4v) is 0. The number of thiocarbonyl (C=S) groups is 1. The van der Waals surface area contributed by atoms with Gasteiger partial charge in [-0.2, -0.15) is 0 Å². The van der Waals surface area contributed by atoms with Crippen molar-refractivity contribution in [1.82, 2.24) is 0 Å². The number of rotatable bonds is 0. The van der Waals surface area contributed by atoms with E-state index in [9.17, 15) is 0 Å². The van der Waals surface area contributed by atoms with E-state index in [2.05, 4.69) is 30.3 Å². The molecular weight excluding hydrogens is 98.1 g/mol. The van der Waals surface area contributed by atoms with Gasteiger partial charge in [0.2, 0.25) is 0 Å². The molecule has 0 aromatic carbocycles. The van der Waals surface area contributed by atoms with Crippen molar-refractivity contribution in [1.29, 1.82) is 5.26 Å². The van der Waals surface area contributed by atoms with Crippen LogP contribution in [0.4, 0.5) is 0 Å². The second-order valence-electron chi connectivity index (χ2n) is 0.402. The molecule has 0 saturated carbocycles. The van der Waals surface area contributed by atoms with E-state index in [0.29, 0.717) is 0 Å². The summed E-state index contributed by atoms with van der Waals surface area (Å²) in [6.45, 7) is 3.50. The van der Waals surface area contributed by atoms with Gasteiger partial charge in [-0.15, -0.1) is 0 Å².